The van der Waals surface area contributed by atoms with Crippen molar-refractivity contribution >= 4 is 5.97 Å². The van der Waals surface area contributed by atoms with Crippen molar-refractivity contribution in [2.75, 3.05) is 26.8 Å². The van der Waals surface area contributed by atoms with E-state index in [0.29, 0.717) is 18.9 Å². The van der Waals surface area contributed by atoms with E-state index in [4.69, 9.17) is 9.84 Å². The zero-order chi connectivity index (χ0) is 13.7. The Labute approximate surface area is 113 Å². The molecule has 2 N–H and O–H groups in total. The number of piperidine rings is 1. The van der Waals surface area contributed by atoms with Crippen LogP contribution >= 0.6 is 0 Å². The van der Waals surface area contributed by atoms with Gasteiger partial charge in [-0.2, -0.15) is 0 Å². The third-order valence-corrected chi connectivity index (χ3v) is 3.74. The molecule has 0 spiro atoms. The molecule has 0 aromatic heterocycles. The van der Waals surface area contributed by atoms with Gasteiger partial charge in [0.2, 0.25) is 0 Å². The second-order valence-corrected chi connectivity index (χ2v) is 5.03. The van der Waals surface area contributed by atoms with Crippen molar-refractivity contribution in [3.05, 3.63) is 35.4 Å². The largest absolute Gasteiger partial charge is 0.469 e. The lowest BCUT2D eigenvalue weighted by Crippen LogP contribution is -2.39. The summed E-state index contributed by atoms with van der Waals surface area (Å²) in [6.07, 6.45) is 1.52. The Morgan fingerprint density at radius 3 is 2.74 bits per heavy atom. The highest BCUT2D eigenvalue weighted by Crippen LogP contribution is 2.27. The fourth-order valence-electron chi connectivity index (χ4n) is 2.63. The van der Waals surface area contributed by atoms with Crippen LogP contribution in [0.25, 0.3) is 0 Å². The van der Waals surface area contributed by atoms with E-state index in [1.165, 1.54) is 12.7 Å². The maximum absolute atomic E-state index is 11.6. The minimum Gasteiger partial charge on any atom is -0.469 e. The summed E-state index contributed by atoms with van der Waals surface area (Å²) in [4.78, 5) is 11.6. The Bertz CT molecular complexity index is 416. The molecule has 1 aliphatic heterocycles. The molecule has 0 bridgehead atoms. The number of hydrogen-bond donors (Lipinski definition) is 2. The third kappa shape index (κ3) is 3.55. The molecule has 1 aromatic carbocycles. The summed E-state index contributed by atoms with van der Waals surface area (Å²) in [7, 11) is 1.44. The van der Waals surface area contributed by atoms with Gasteiger partial charge in [0.25, 0.3) is 0 Å². The van der Waals surface area contributed by atoms with Crippen LogP contribution in [0.1, 0.15) is 23.5 Å². The molecule has 0 aliphatic carbocycles. The van der Waals surface area contributed by atoms with E-state index in [9.17, 15) is 4.79 Å². The highest BCUT2D eigenvalue weighted by molar-refractivity contribution is 5.72. The maximum Gasteiger partial charge on any atom is 0.309 e. The molecule has 104 valence electrons. The molecule has 2 atom stereocenters. The number of esters is 1. The minimum absolute atomic E-state index is 0.0548. The molecule has 4 nitrogen and oxygen atoms in total. The van der Waals surface area contributed by atoms with E-state index in [1.807, 2.05) is 12.1 Å². The molecular formula is C15H21NO3. The number of aliphatic hydroxyl groups is 1. The topological polar surface area (TPSA) is 58.6 Å². The van der Waals surface area contributed by atoms with Crippen molar-refractivity contribution in [1.29, 1.82) is 0 Å². The van der Waals surface area contributed by atoms with Crippen LogP contribution in [0.5, 0.6) is 0 Å². The summed E-state index contributed by atoms with van der Waals surface area (Å²) < 4.78 is 4.82. The van der Waals surface area contributed by atoms with Crippen LogP contribution < -0.4 is 5.32 Å². The van der Waals surface area contributed by atoms with Gasteiger partial charge in [0.05, 0.1) is 13.0 Å². The maximum atomic E-state index is 11.6. The van der Waals surface area contributed by atoms with E-state index >= 15 is 0 Å². The first-order chi connectivity index (χ1) is 9.24. The van der Waals surface area contributed by atoms with E-state index in [0.717, 1.165) is 18.5 Å². The summed E-state index contributed by atoms with van der Waals surface area (Å²) in [6, 6.07) is 8.29. The first kappa shape index (κ1) is 14.0. The molecule has 0 radical (unpaired) electrons. The van der Waals surface area contributed by atoms with Crippen LogP contribution in [0.2, 0.25) is 0 Å². The fraction of sp³-hybridized carbons (Fsp3) is 0.533. The van der Waals surface area contributed by atoms with E-state index in [-0.39, 0.29) is 18.5 Å². The van der Waals surface area contributed by atoms with E-state index < -0.39 is 0 Å². The van der Waals surface area contributed by atoms with E-state index in [2.05, 4.69) is 17.4 Å². The lowest BCUT2D eigenvalue weighted by molar-refractivity contribution is -0.146. The number of benzene rings is 1. The van der Waals surface area contributed by atoms with E-state index in [1.54, 1.807) is 0 Å². The predicted octanol–water partition coefficient (Wildman–Crippen LogP) is 1.09. The summed E-state index contributed by atoms with van der Waals surface area (Å²) in [6.45, 7) is 1.77. The normalized spacial score (nSPS) is 23.1. The van der Waals surface area contributed by atoms with Gasteiger partial charge in [0.15, 0.2) is 0 Å². The van der Waals surface area contributed by atoms with Gasteiger partial charge in [-0.3, -0.25) is 4.79 Å². The summed E-state index contributed by atoms with van der Waals surface area (Å²) >= 11 is 0. The Morgan fingerprint density at radius 1 is 1.37 bits per heavy atom. The monoisotopic (exact) mass is 263 g/mol. The van der Waals surface area contributed by atoms with Crippen LogP contribution in [0, 0.1) is 5.92 Å². The molecule has 4 heteroatoms. The zero-order valence-electron chi connectivity index (χ0n) is 11.3. The van der Waals surface area contributed by atoms with Crippen molar-refractivity contribution in [2.24, 2.45) is 5.92 Å². The number of methoxy groups -OCH3 is 1. The predicted molar refractivity (Wildman–Crippen MR) is 73.0 cm³/mol. The lowest BCUT2D eigenvalue weighted by atomic mass is 9.85. The van der Waals surface area contributed by atoms with Gasteiger partial charge in [-0.1, -0.05) is 24.3 Å². The Morgan fingerprint density at radius 2 is 2.11 bits per heavy atom. The fourth-order valence-corrected chi connectivity index (χ4v) is 2.63. The van der Waals surface area contributed by atoms with Gasteiger partial charge in [-0.15, -0.1) is 0 Å². The van der Waals surface area contributed by atoms with Crippen molar-refractivity contribution in [3.63, 3.8) is 0 Å². The number of hydrogen-bond acceptors (Lipinski definition) is 4. The molecule has 0 saturated carbocycles. The Hall–Kier alpha value is -1.39. The third-order valence-electron chi connectivity index (χ3n) is 3.74. The van der Waals surface area contributed by atoms with Crippen molar-refractivity contribution in [1.82, 2.24) is 5.32 Å². The molecule has 2 rings (SSSR count). The highest BCUT2D eigenvalue weighted by atomic mass is 16.5. The lowest BCUT2D eigenvalue weighted by Gasteiger charge is -2.28. The standard InChI is InChI=1S/C15H21NO3/c1-19-15(18)14-8-13(9-16-10-14)12-4-2-11(3-5-12)6-7-17/h2-5,13-14,16-17H,6-10H2,1H3. The van der Waals surface area contributed by atoms with Gasteiger partial charge in [-0.25, -0.2) is 0 Å². The average molecular weight is 263 g/mol. The smallest absolute Gasteiger partial charge is 0.309 e. The molecule has 1 heterocycles. The van der Waals surface area contributed by atoms with Gasteiger partial charge in [0, 0.05) is 19.7 Å². The molecule has 1 saturated heterocycles. The molecule has 0 amide bonds. The van der Waals surface area contributed by atoms with Crippen LogP contribution in [0.3, 0.4) is 0 Å². The first-order valence-corrected chi connectivity index (χ1v) is 6.73. The first-order valence-electron chi connectivity index (χ1n) is 6.73. The zero-order valence-corrected chi connectivity index (χ0v) is 11.3. The average Bonchev–Trinajstić information content (AvgIpc) is 2.48. The SMILES string of the molecule is COC(=O)C1CNCC(c2ccc(CCO)cc2)C1. The van der Waals surface area contributed by atoms with Gasteiger partial charge >= 0.3 is 5.97 Å². The van der Waals surface area contributed by atoms with Gasteiger partial charge < -0.3 is 15.2 Å². The molecule has 2 unspecified atom stereocenters. The van der Waals surface area contributed by atoms with Gasteiger partial charge in [-0.05, 0) is 29.9 Å². The van der Waals surface area contributed by atoms with Crippen LogP contribution in [-0.2, 0) is 16.0 Å². The quantitative estimate of drug-likeness (QED) is 0.798. The number of ether oxygens (including phenoxy) is 1. The van der Waals surface area contributed by atoms with Crippen molar-refractivity contribution in [2.45, 2.75) is 18.8 Å². The number of carbonyl (C=O) groups excluding carboxylic acids is 1. The van der Waals surface area contributed by atoms with Crippen LogP contribution in [-0.4, -0.2) is 37.9 Å². The highest BCUT2D eigenvalue weighted by Gasteiger charge is 2.28. The van der Waals surface area contributed by atoms with Crippen LogP contribution in [0.4, 0.5) is 0 Å². The number of carbonyl (C=O) groups is 1. The Kier molecular flexibility index (Phi) is 4.93. The van der Waals surface area contributed by atoms with Crippen LogP contribution in [0.15, 0.2) is 24.3 Å². The summed E-state index contributed by atoms with van der Waals surface area (Å²) in [5.41, 5.74) is 2.38. The number of nitrogens with one attached hydrogen (secondary N) is 1. The van der Waals surface area contributed by atoms with Crippen molar-refractivity contribution < 1.29 is 14.6 Å². The van der Waals surface area contributed by atoms with Gasteiger partial charge in [0.1, 0.15) is 0 Å². The Balaban J connectivity index is 2.02. The second kappa shape index (κ2) is 6.68. The molecule has 1 aliphatic rings. The second-order valence-electron chi connectivity index (χ2n) is 5.03. The summed E-state index contributed by atoms with van der Waals surface area (Å²) in [5, 5.41) is 12.2. The van der Waals surface area contributed by atoms with Crippen molar-refractivity contribution in [3.8, 4) is 0 Å². The molecule has 1 fully saturated rings. The summed E-state index contributed by atoms with van der Waals surface area (Å²) in [5.74, 6) is 0.163. The number of aliphatic hydroxyl groups excluding tert-OH is 1. The number of rotatable bonds is 4. The minimum atomic E-state index is -0.130. The molecular weight excluding hydrogens is 242 g/mol. The molecule has 19 heavy (non-hydrogen) atoms. The molecule has 1 aromatic rings.